The second-order valence-electron chi connectivity index (χ2n) is 9.85. The summed E-state index contributed by atoms with van der Waals surface area (Å²) in [5, 5.41) is 0. The quantitative estimate of drug-likeness (QED) is 0.217. The summed E-state index contributed by atoms with van der Waals surface area (Å²) in [5.74, 6) is -5.76. The van der Waals surface area contributed by atoms with Crippen LogP contribution in [0.2, 0.25) is 0 Å². The highest BCUT2D eigenvalue weighted by Crippen LogP contribution is 2.34. The van der Waals surface area contributed by atoms with Gasteiger partial charge in [0.1, 0.15) is 5.75 Å². The molecule has 40 heavy (non-hydrogen) atoms. The largest absolute Gasteiger partial charge is 0.491 e. The normalized spacial score (nSPS) is 17.4. The van der Waals surface area contributed by atoms with E-state index in [0.29, 0.717) is 5.92 Å². The van der Waals surface area contributed by atoms with E-state index in [0.717, 1.165) is 49.9 Å². The summed E-state index contributed by atoms with van der Waals surface area (Å²) in [6.07, 6.45) is 0.0789. The lowest BCUT2D eigenvalue weighted by Gasteiger charge is -2.26. The number of rotatable bonds is 11. The predicted octanol–water partition coefficient (Wildman–Crippen LogP) is 8.56. The second-order valence-corrected chi connectivity index (χ2v) is 9.85. The fourth-order valence-electron chi connectivity index (χ4n) is 4.53. The molecule has 0 unspecified atom stereocenters. The van der Waals surface area contributed by atoms with E-state index in [2.05, 4.69) is 11.7 Å². The van der Waals surface area contributed by atoms with E-state index in [1.807, 2.05) is 0 Å². The third kappa shape index (κ3) is 7.14. The van der Waals surface area contributed by atoms with Gasteiger partial charge in [0.25, 0.3) is 0 Å². The van der Waals surface area contributed by atoms with Crippen molar-refractivity contribution in [1.29, 1.82) is 0 Å². The summed E-state index contributed by atoms with van der Waals surface area (Å²) in [4.78, 5) is 0. The van der Waals surface area contributed by atoms with Crippen LogP contribution in [0.25, 0.3) is 11.1 Å². The monoisotopic (exact) mass is 568 g/mol. The Hall–Kier alpha value is -3.56. The molecule has 0 amide bonds. The van der Waals surface area contributed by atoms with E-state index in [1.54, 1.807) is 6.92 Å². The van der Waals surface area contributed by atoms with Gasteiger partial charge in [-0.3, -0.25) is 0 Å². The maximum atomic E-state index is 14.5. The maximum absolute atomic E-state index is 14.5. The highest BCUT2D eigenvalue weighted by molar-refractivity contribution is 5.66. The number of ether oxygens (including phenoxy) is 4. The first-order chi connectivity index (χ1) is 19.1. The van der Waals surface area contributed by atoms with Crippen LogP contribution in [-0.4, -0.2) is 25.9 Å². The topological polar surface area (TPSA) is 36.9 Å². The van der Waals surface area contributed by atoms with Crippen LogP contribution < -0.4 is 18.9 Å². The Morgan fingerprint density at radius 3 is 1.88 bits per heavy atom. The van der Waals surface area contributed by atoms with Gasteiger partial charge >= 0.3 is 6.11 Å². The molecule has 216 valence electrons. The lowest BCUT2D eigenvalue weighted by molar-refractivity contribution is -0.195. The minimum absolute atomic E-state index is 0.0964. The number of halogens is 6. The average Bonchev–Trinajstić information content (AvgIpc) is 2.93. The van der Waals surface area contributed by atoms with Crippen LogP contribution in [0.15, 0.2) is 48.5 Å². The van der Waals surface area contributed by atoms with E-state index in [9.17, 15) is 26.3 Å². The number of hydrogen-bond acceptors (Lipinski definition) is 4. The van der Waals surface area contributed by atoms with Gasteiger partial charge in [-0.2, -0.15) is 22.0 Å². The smallest absolute Gasteiger partial charge is 0.432 e. The molecule has 0 heterocycles. The summed E-state index contributed by atoms with van der Waals surface area (Å²) in [7, 11) is 0. The lowest BCUT2D eigenvalue weighted by atomic mass is 9.83. The zero-order valence-corrected chi connectivity index (χ0v) is 22.1. The van der Waals surface area contributed by atoms with Gasteiger partial charge in [-0.1, -0.05) is 31.9 Å². The van der Waals surface area contributed by atoms with Crippen molar-refractivity contribution in [3.63, 3.8) is 0 Å². The molecule has 3 aromatic rings. The van der Waals surface area contributed by atoms with Crippen LogP contribution in [-0.2, 0) is 0 Å². The Morgan fingerprint density at radius 1 is 0.700 bits per heavy atom. The zero-order valence-electron chi connectivity index (χ0n) is 22.1. The summed E-state index contributed by atoms with van der Waals surface area (Å²) >= 11 is 0. The van der Waals surface area contributed by atoms with E-state index in [1.165, 1.54) is 24.3 Å². The van der Waals surface area contributed by atoms with Crippen LogP contribution >= 0.6 is 0 Å². The average molecular weight is 569 g/mol. The minimum atomic E-state index is -3.92. The lowest BCUT2D eigenvalue weighted by Crippen LogP contribution is -2.32. The van der Waals surface area contributed by atoms with Gasteiger partial charge in [-0.25, -0.2) is 4.39 Å². The van der Waals surface area contributed by atoms with Crippen molar-refractivity contribution < 1.29 is 45.3 Å². The number of benzene rings is 3. The fourth-order valence-corrected chi connectivity index (χ4v) is 4.53. The Kier molecular flexibility index (Phi) is 9.37. The molecule has 1 aliphatic carbocycles. The Balaban J connectivity index is 1.34. The first kappa shape index (κ1) is 29.4. The molecule has 0 N–H and O–H groups in total. The molecule has 0 aromatic heterocycles. The number of alkyl halides is 2. The van der Waals surface area contributed by atoms with Crippen LogP contribution in [0.4, 0.5) is 26.3 Å². The second kappa shape index (κ2) is 12.7. The molecule has 1 fully saturated rings. The number of hydrogen-bond donors (Lipinski definition) is 0. The maximum Gasteiger partial charge on any atom is 0.432 e. The summed E-state index contributed by atoms with van der Waals surface area (Å²) in [6, 6.07) is 9.55. The van der Waals surface area contributed by atoms with Crippen molar-refractivity contribution in [2.75, 3.05) is 19.8 Å². The van der Waals surface area contributed by atoms with Crippen molar-refractivity contribution in [1.82, 2.24) is 0 Å². The molecule has 0 aliphatic heterocycles. The zero-order chi connectivity index (χ0) is 28.9. The first-order valence-electron chi connectivity index (χ1n) is 13.1. The SMILES string of the molecule is CCOc1ccc(-c2ccc(OC(F)(F)COc3ccc(OCC4CCC(C)CC4)c(F)c3F)cc2)c(F)c1F. The molecular weight excluding hydrogens is 538 g/mol. The van der Waals surface area contributed by atoms with Crippen molar-refractivity contribution in [2.24, 2.45) is 11.8 Å². The van der Waals surface area contributed by atoms with Crippen molar-refractivity contribution >= 4 is 0 Å². The molecule has 1 saturated carbocycles. The standard InChI is InChI=1S/C30H30F6O4/c1-3-37-23-13-12-22(26(31)27(23)32)20-8-10-21(11-9-20)40-30(35,36)17-39-25-15-14-24(28(33)29(25)34)38-16-19-6-4-18(2)5-7-19/h8-15,18-19H,3-7,16-17H2,1-2H3. The molecular formula is C30H30F6O4. The molecule has 4 nitrogen and oxygen atoms in total. The molecule has 0 atom stereocenters. The van der Waals surface area contributed by atoms with Crippen molar-refractivity contribution in [3.05, 3.63) is 71.8 Å². The summed E-state index contributed by atoms with van der Waals surface area (Å²) in [5.41, 5.74) is 0.116. The van der Waals surface area contributed by atoms with Gasteiger partial charge < -0.3 is 18.9 Å². The molecule has 0 radical (unpaired) electrons. The Labute approximate surface area is 228 Å². The molecule has 1 aliphatic rings. The van der Waals surface area contributed by atoms with Crippen LogP contribution in [0, 0.1) is 35.1 Å². The highest BCUT2D eigenvalue weighted by Gasteiger charge is 2.34. The molecule has 0 spiro atoms. The Bertz CT molecular complexity index is 1290. The summed E-state index contributed by atoms with van der Waals surface area (Å²) in [6.45, 7) is 2.79. The minimum Gasteiger partial charge on any atom is -0.491 e. The fraction of sp³-hybridized carbons (Fsp3) is 0.400. The molecule has 0 saturated heterocycles. The van der Waals surface area contributed by atoms with E-state index in [-0.39, 0.29) is 47.5 Å². The highest BCUT2D eigenvalue weighted by atomic mass is 19.3. The molecule has 0 bridgehead atoms. The van der Waals surface area contributed by atoms with E-state index in [4.69, 9.17) is 14.2 Å². The van der Waals surface area contributed by atoms with Gasteiger partial charge in [0.2, 0.25) is 17.5 Å². The van der Waals surface area contributed by atoms with Crippen molar-refractivity contribution in [2.45, 2.75) is 45.6 Å². The molecule has 3 aromatic carbocycles. The predicted molar refractivity (Wildman–Crippen MR) is 137 cm³/mol. The summed E-state index contributed by atoms with van der Waals surface area (Å²) < 4.78 is 106. The van der Waals surface area contributed by atoms with Gasteiger partial charge in [0.05, 0.1) is 13.2 Å². The third-order valence-electron chi connectivity index (χ3n) is 6.80. The van der Waals surface area contributed by atoms with Gasteiger partial charge in [-0.05, 0) is 73.6 Å². The van der Waals surface area contributed by atoms with Gasteiger partial charge in [0.15, 0.2) is 29.7 Å². The first-order valence-corrected chi connectivity index (χ1v) is 13.1. The molecule has 4 rings (SSSR count). The molecule has 10 heteroatoms. The van der Waals surface area contributed by atoms with Gasteiger partial charge in [0, 0.05) is 5.56 Å². The Morgan fingerprint density at radius 2 is 1.25 bits per heavy atom. The third-order valence-corrected chi connectivity index (χ3v) is 6.80. The van der Waals surface area contributed by atoms with Crippen molar-refractivity contribution in [3.8, 4) is 34.1 Å². The van der Waals surface area contributed by atoms with E-state index < -0.39 is 41.7 Å². The van der Waals surface area contributed by atoms with Gasteiger partial charge in [-0.15, -0.1) is 0 Å². The van der Waals surface area contributed by atoms with Crippen LogP contribution in [0.1, 0.15) is 39.5 Å². The van der Waals surface area contributed by atoms with Crippen LogP contribution in [0.5, 0.6) is 23.0 Å². The van der Waals surface area contributed by atoms with E-state index >= 15 is 0 Å². The van der Waals surface area contributed by atoms with Crippen LogP contribution in [0.3, 0.4) is 0 Å².